The lowest BCUT2D eigenvalue weighted by atomic mass is 10.0. The molecular weight excluding hydrogens is 410 g/mol. The molecule has 3 amide bonds. The number of carbonyl (C=O) groups excluding carboxylic acids is 4. The third kappa shape index (κ3) is 5.72. The Morgan fingerprint density at radius 2 is 1.78 bits per heavy atom. The molecule has 2 aromatic carbocycles. The zero-order valence-corrected chi connectivity index (χ0v) is 17.4. The van der Waals surface area contributed by atoms with Crippen molar-refractivity contribution in [1.29, 1.82) is 0 Å². The summed E-state index contributed by atoms with van der Waals surface area (Å²) in [6.45, 7) is 1.82. The summed E-state index contributed by atoms with van der Waals surface area (Å²) in [7, 11) is 0. The zero-order valence-electron chi connectivity index (χ0n) is 17.4. The predicted molar refractivity (Wildman–Crippen MR) is 117 cm³/mol. The van der Waals surface area contributed by atoms with Crippen LogP contribution in [0.5, 0.6) is 0 Å². The Balaban J connectivity index is 1.58. The fraction of sp³-hybridized carbons (Fsp3) is 0.217. The van der Waals surface area contributed by atoms with Crippen LogP contribution in [0.25, 0.3) is 10.8 Å². The maximum absolute atomic E-state index is 12.6. The lowest BCUT2D eigenvalue weighted by Crippen LogP contribution is -2.52. The molecule has 0 bridgehead atoms. The minimum absolute atomic E-state index is 0.0112. The standard InChI is InChI=1S/C23H23N5O4/c1-15(21(30)26-13-17-7-4-6-16-5-2-3-8-18(16)17)27-22(31)19(9-12-29)28-23(32)20-14-24-10-11-25-20/h2-8,10-12,14-15,19H,9,13H2,1H3,(H,26,30)(H,27,31)(H,28,32). The molecule has 3 N–H and O–H groups in total. The molecule has 3 rings (SSSR count). The van der Waals surface area contributed by atoms with Crippen molar-refractivity contribution in [2.45, 2.75) is 32.0 Å². The van der Waals surface area contributed by atoms with Crippen LogP contribution in [-0.2, 0) is 20.9 Å². The van der Waals surface area contributed by atoms with Crippen molar-refractivity contribution in [1.82, 2.24) is 25.9 Å². The van der Waals surface area contributed by atoms with E-state index in [4.69, 9.17) is 0 Å². The van der Waals surface area contributed by atoms with E-state index in [2.05, 4.69) is 25.9 Å². The lowest BCUT2D eigenvalue weighted by Gasteiger charge is -2.20. The molecule has 0 fully saturated rings. The summed E-state index contributed by atoms with van der Waals surface area (Å²) in [4.78, 5) is 55.9. The molecule has 1 aromatic heterocycles. The Labute approximate surface area is 184 Å². The number of benzene rings is 2. The second-order valence-electron chi connectivity index (χ2n) is 7.11. The highest BCUT2D eigenvalue weighted by Crippen LogP contribution is 2.18. The second kappa shape index (κ2) is 10.8. The van der Waals surface area contributed by atoms with Gasteiger partial charge >= 0.3 is 0 Å². The van der Waals surface area contributed by atoms with Crippen molar-refractivity contribution < 1.29 is 19.2 Å². The van der Waals surface area contributed by atoms with E-state index in [1.807, 2.05) is 42.5 Å². The zero-order chi connectivity index (χ0) is 22.9. The number of rotatable bonds is 9. The Hall–Kier alpha value is -4.14. The highest BCUT2D eigenvalue weighted by Gasteiger charge is 2.25. The van der Waals surface area contributed by atoms with Crippen molar-refractivity contribution in [3.05, 3.63) is 72.3 Å². The van der Waals surface area contributed by atoms with Gasteiger partial charge in [-0.05, 0) is 23.3 Å². The van der Waals surface area contributed by atoms with Crippen LogP contribution < -0.4 is 16.0 Å². The third-order valence-electron chi connectivity index (χ3n) is 4.83. The first-order valence-corrected chi connectivity index (χ1v) is 10.0. The third-order valence-corrected chi connectivity index (χ3v) is 4.83. The largest absolute Gasteiger partial charge is 0.350 e. The van der Waals surface area contributed by atoms with E-state index in [9.17, 15) is 19.2 Å². The number of nitrogens with one attached hydrogen (secondary N) is 3. The molecule has 164 valence electrons. The van der Waals surface area contributed by atoms with E-state index in [1.54, 1.807) is 0 Å². The van der Waals surface area contributed by atoms with Gasteiger partial charge < -0.3 is 20.7 Å². The van der Waals surface area contributed by atoms with Crippen molar-refractivity contribution in [3.8, 4) is 0 Å². The summed E-state index contributed by atoms with van der Waals surface area (Å²) in [6, 6.07) is 11.7. The Bertz CT molecular complexity index is 1110. The quantitative estimate of drug-likeness (QED) is 0.434. The number of amides is 3. The fourth-order valence-corrected chi connectivity index (χ4v) is 3.14. The van der Waals surface area contributed by atoms with E-state index < -0.39 is 29.8 Å². The maximum Gasteiger partial charge on any atom is 0.272 e. The maximum atomic E-state index is 12.6. The van der Waals surface area contributed by atoms with Crippen molar-refractivity contribution in [3.63, 3.8) is 0 Å². The topological polar surface area (TPSA) is 130 Å². The highest BCUT2D eigenvalue weighted by molar-refractivity contribution is 5.97. The molecule has 0 aliphatic rings. The number of nitrogens with zero attached hydrogens (tertiary/aromatic N) is 2. The first kappa shape index (κ1) is 22.5. The van der Waals surface area contributed by atoms with Gasteiger partial charge in [0.25, 0.3) is 5.91 Å². The number of hydrogen-bond donors (Lipinski definition) is 3. The van der Waals surface area contributed by atoms with E-state index in [1.165, 1.54) is 25.5 Å². The molecule has 0 saturated carbocycles. The molecule has 0 spiro atoms. The molecule has 2 atom stereocenters. The van der Waals surface area contributed by atoms with Crippen LogP contribution in [0.15, 0.2) is 61.1 Å². The van der Waals surface area contributed by atoms with Gasteiger partial charge in [-0.1, -0.05) is 42.5 Å². The summed E-state index contributed by atoms with van der Waals surface area (Å²) in [5.41, 5.74) is 0.960. The van der Waals surface area contributed by atoms with E-state index in [-0.39, 0.29) is 12.1 Å². The highest BCUT2D eigenvalue weighted by atomic mass is 16.2. The van der Waals surface area contributed by atoms with Crippen LogP contribution in [-0.4, -0.2) is 46.1 Å². The molecule has 9 heteroatoms. The average molecular weight is 433 g/mol. The number of hydrogen-bond acceptors (Lipinski definition) is 6. The Morgan fingerprint density at radius 1 is 1.00 bits per heavy atom. The molecule has 1 heterocycles. The summed E-state index contributed by atoms with van der Waals surface area (Å²) in [6.07, 6.45) is 4.26. The van der Waals surface area contributed by atoms with E-state index in [0.717, 1.165) is 16.3 Å². The van der Waals surface area contributed by atoms with Gasteiger partial charge in [0.05, 0.1) is 6.20 Å². The summed E-state index contributed by atoms with van der Waals surface area (Å²) in [5, 5.41) is 9.88. The van der Waals surface area contributed by atoms with Gasteiger partial charge in [0.15, 0.2) is 0 Å². The van der Waals surface area contributed by atoms with Gasteiger partial charge in [-0.3, -0.25) is 19.4 Å². The van der Waals surface area contributed by atoms with Crippen LogP contribution in [0.2, 0.25) is 0 Å². The molecule has 2 unspecified atom stereocenters. The molecule has 0 aliphatic heterocycles. The van der Waals surface area contributed by atoms with Crippen LogP contribution in [0, 0.1) is 0 Å². The molecule has 3 aromatic rings. The van der Waals surface area contributed by atoms with Gasteiger partial charge in [-0.2, -0.15) is 0 Å². The first-order valence-electron chi connectivity index (χ1n) is 10.0. The Morgan fingerprint density at radius 3 is 2.53 bits per heavy atom. The molecule has 9 nitrogen and oxygen atoms in total. The van der Waals surface area contributed by atoms with Gasteiger partial charge in [-0.25, -0.2) is 4.98 Å². The van der Waals surface area contributed by atoms with Gasteiger partial charge in [0, 0.05) is 25.4 Å². The SMILES string of the molecule is CC(NC(=O)C(CC=O)NC(=O)c1cnccn1)C(=O)NCc1cccc2ccccc12. The average Bonchev–Trinajstić information content (AvgIpc) is 2.82. The molecule has 0 saturated heterocycles. The lowest BCUT2D eigenvalue weighted by molar-refractivity contribution is -0.130. The summed E-state index contributed by atoms with van der Waals surface area (Å²) in [5.74, 6) is -1.69. The Kier molecular flexibility index (Phi) is 7.58. The van der Waals surface area contributed by atoms with Crippen molar-refractivity contribution in [2.24, 2.45) is 0 Å². The van der Waals surface area contributed by atoms with Gasteiger partial charge in [-0.15, -0.1) is 0 Å². The minimum Gasteiger partial charge on any atom is -0.350 e. The smallest absolute Gasteiger partial charge is 0.272 e. The van der Waals surface area contributed by atoms with Crippen LogP contribution in [0.1, 0.15) is 29.4 Å². The van der Waals surface area contributed by atoms with Gasteiger partial charge in [0.1, 0.15) is 24.1 Å². The minimum atomic E-state index is -1.14. The molecular formula is C23H23N5O4. The number of carbonyl (C=O) groups is 4. The van der Waals surface area contributed by atoms with Crippen LogP contribution >= 0.6 is 0 Å². The van der Waals surface area contributed by atoms with Crippen LogP contribution in [0.4, 0.5) is 0 Å². The fourth-order valence-electron chi connectivity index (χ4n) is 3.14. The monoisotopic (exact) mass is 433 g/mol. The summed E-state index contributed by atoms with van der Waals surface area (Å²) >= 11 is 0. The number of fused-ring (bicyclic) bond motifs is 1. The first-order chi connectivity index (χ1) is 15.5. The number of aldehydes is 1. The van der Waals surface area contributed by atoms with E-state index in [0.29, 0.717) is 12.8 Å². The predicted octanol–water partition coefficient (Wildman–Crippen LogP) is 1.14. The molecule has 0 aliphatic carbocycles. The van der Waals surface area contributed by atoms with E-state index >= 15 is 0 Å². The second-order valence-corrected chi connectivity index (χ2v) is 7.11. The summed E-state index contributed by atoms with van der Waals surface area (Å²) < 4.78 is 0. The number of aromatic nitrogens is 2. The molecule has 0 radical (unpaired) electrons. The van der Waals surface area contributed by atoms with Crippen molar-refractivity contribution in [2.75, 3.05) is 0 Å². The van der Waals surface area contributed by atoms with Crippen LogP contribution in [0.3, 0.4) is 0 Å². The normalized spacial score (nSPS) is 12.4. The van der Waals surface area contributed by atoms with Gasteiger partial charge in [0.2, 0.25) is 11.8 Å². The van der Waals surface area contributed by atoms with Crippen molar-refractivity contribution >= 4 is 34.8 Å². The molecule has 32 heavy (non-hydrogen) atoms.